The van der Waals surface area contributed by atoms with Crippen molar-refractivity contribution in [1.29, 1.82) is 0 Å². The first-order chi connectivity index (χ1) is 5.36. The van der Waals surface area contributed by atoms with Gasteiger partial charge in [-0.15, -0.1) is 0 Å². The van der Waals surface area contributed by atoms with Crippen LogP contribution in [0.3, 0.4) is 0 Å². The van der Waals surface area contributed by atoms with Gasteiger partial charge in [0.2, 0.25) is 0 Å². The van der Waals surface area contributed by atoms with Crippen molar-refractivity contribution in [3.05, 3.63) is 29.8 Å². The standard InChI is InChI=1S/C7H10N2O2/c8-5-6-1-3-7(4-2-6)10-11-9/h1-4H,5,8-9H2. The maximum absolute atomic E-state index is 5.38. The highest BCUT2D eigenvalue weighted by Crippen LogP contribution is 2.10. The van der Waals surface area contributed by atoms with E-state index in [2.05, 4.69) is 15.8 Å². The number of nitrogens with two attached hydrogens (primary N) is 2. The lowest BCUT2D eigenvalue weighted by Crippen LogP contribution is -2.03. The number of hydrogen-bond acceptors (Lipinski definition) is 4. The van der Waals surface area contributed by atoms with Gasteiger partial charge < -0.3 is 10.6 Å². The Morgan fingerprint density at radius 1 is 1.18 bits per heavy atom. The molecule has 0 aliphatic carbocycles. The lowest BCUT2D eigenvalue weighted by Gasteiger charge is -1.99. The number of rotatable bonds is 3. The van der Waals surface area contributed by atoms with Crippen LogP contribution in [0.2, 0.25) is 0 Å². The molecule has 0 spiro atoms. The highest BCUT2D eigenvalue weighted by atomic mass is 17.3. The minimum atomic E-state index is 0.518. The van der Waals surface area contributed by atoms with E-state index in [1.807, 2.05) is 12.1 Å². The predicted octanol–water partition coefficient (Wildman–Crippen LogP) is 0.329. The van der Waals surface area contributed by atoms with E-state index < -0.39 is 0 Å². The Morgan fingerprint density at radius 3 is 2.27 bits per heavy atom. The summed E-state index contributed by atoms with van der Waals surface area (Å²) in [5.41, 5.74) is 6.41. The predicted molar refractivity (Wildman–Crippen MR) is 40.2 cm³/mol. The Labute approximate surface area is 64.6 Å². The second kappa shape index (κ2) is 3.92. The van der Waals surface area contributed by atoms with Gasteiger partial charge in [0.15, 0.2) is 5.75 Å². The molecule has 0 heterocycles. The largest absolute Gasteiger partial charge is 0.326 e. The highest BCUT2D eigenvalue weighted by molar-refractivity contribution is 5.26. The molecule has 1 aromatic rings. The molecule has 1 aromatic carbocycles. The average Bonchev–Trinajstić information content (AvgIpc) is 2.07. The van der Waals surface area contributed by atoms with Crippen LogP contribution in [-0.2, 0) is 11.5 Å². The van der Waals surface area contributed by atoms with Crippen LogP contribution >= 0.6 is 0 Å². The van der Waals surface area contributed by atoms with Crippen LogP contribution in [0.25, 0.3) is 0 Å². The summed E-state index contributed by atoms with van der Waals surface area (Å²) in [4.78, 5) is 8.51. The summed E-state index contributed by atoms with van der Waals surface area (Å²) in [7, 11) is 0. The van der Waals surface area contributed by atoms with Gasteiger partial charge in [-0.25, -0.2) is 0 Å². The topological polar surface area (TPSA) is 70.5 Å². The van der Waals surface area contributed by atoms with Crippen LogP contribution in [0.5, 0.6) is 5.75 Å². The Bertz CT molecular complexity index is 210. The molecule has 0 fully saturated rings. The van der Waals surface area contributed by atoms with Gasteiger partial charge in [0.1, 0.15) is 0 Å². The quantitative estimate of drug-likeness (QED) is 0.486. The van der Waals surface area contributed by atoms with Crippen LogP contribution in [0, 0.1) is 0 Å². The Morgan fingerprint density at radius 2 is 1.82 bits per heavy atom. The SMILES string of the molecule is NCc1ccc(OON)cc1. The van der Waals surface area contributed by atoms with E-state index in [1.165, 1.54) is 0 Å². The van der Waals surface area contributed by atoms with Gasteiger partial charge in [0.05, 0.1) is 0 Å². The van der Waals surface area contributed by atoms with Gasteiger partial charge in [-0.2, -0.15) is 5.90 Å². The molecule has 0 unspecified atom stereocenters. The van der Waals surface area contributed by atoms with Gasteiger partial charge in [0, 0.05) is 6.54 Å². The summed E-state index contributed by atoms with van der Waals surface area (Å²) in [6, 6.07) is 7.15. The molecule has 4 heteroatoms. The third-order valence-corrected chi connectivity index (χ3v) is 1.30. The third kappa shape index (κ3) is 2.19. The van der Waals surface area contributed by atoms with Crippen LogP contribution < -0.4 is 16.5 Å². The molecule has 0 aromatic heterocycles. The van der Waals surface area contributed by atoms with E-state index in [0.717, 1.165) is 5.56 Å². The van der Waals surface area contributed by atoms with E-state index in [0.29, 0.717) is 12.3 Å². The van der Waals surface area contributed by atoms with Crippen LogP contribution in [-0.4, -0.2) is 0 Å². The van der Waals surface area contributed by atoms with Crippen molar-refractivity contribution < 1.29 is 9.88 Å². The summed E-state index contributed by atoms with van der Waals surface area (Å²) in [5.74, 6) is 5.24. The first-order valence-electron chi connectivity index (χ1n) is 3.19. The normalized spacial score (nSPS) is 9.64. The van der Waals surface area contributed by atoms with E-state index >= 15 is 0 Å². The molecular weight excluding hydrogens is 144 g/mol. The second-order valence-corrected chi connectivity index (χ2v) is 2.03. The lowest BCUT2D eigenvalue weighted by molar-refractivity contribution is -0.211. The smallest absolute Gasteiger partial charge is 0.167 e. The Hall–Kier alpha value is -1.10. The third-order valence-electron chi connectivity index (χ3n) is 1.30. The van der Waals surface area contributed by atoms with E-state index in [4.69, 9.17) is 5.73 Å². The number of benzene rings is 1. The van der Waals surface area contributed by atoms with E-state index in [9.17, 15) is 0 Å². The Kier molecular flexibility index (Phi) is 2.85. The molecule has 0 bridgehead atoms. The van der Waals surface area contributed by atoms with Crippen LogP contribution in [0.1, 0.15) is 5.56 Å². The average molecular weight is 154 g/mol. The number of hydrogen-bond donors (Lipinski definition) is 2. The highest BCUT2D eigenvalue weighted by Gasteiger charge is 1.92. The van der Waals surface area contributed by atoms with E-state index in [1.54, 1.807) is 12.1 Å². The van der Waals surface area contributed by atoms with Crippen molar-refractivity contribution in [1.82, 2.24) is 0 Å². The molecular formula is C7H10N2O2. The zero-order valence-electron chi connectivity index (χ0n) is 5.99. The van der Waals surface area contributed by atoms with Crippen molar-refractivity contribution in [2.24, 2.45) is 11.6 Å². The zero-order valence-corrected chi connectivity index (χ0v) is 5.99. The van der Waals surface area contributed by atoms with Crippen molar-refractivity contribution in [2.75, 3.05) is 0 Å². The van der Waals surface area contributed by atoms with Crippen molar-refractivity contribution in [3.8, 4) is 5.75 Å². The molecule has 60 valence electrons. The van der Waals surface area contributed by atoms with Gasteiger partial charge in [-0.1, -0.05) is 17.1 Å². The second-order valence-electron chi connectivity index (χ2n) is 2.03. The fourth-order valence-electron chi connectivity index (χ4n) is 0.737. The molecule has 11 heavy (non-hydrogen) atoms. The van der Waals surface area contributed by atoms with E-state index in [-0.39, 0.29) is 0 Å². The molecule has 0 saturated heterocycles. The van der Waals surface area contributed by atoms with Crippen molar-refractivity contribution >= 4 is 0 Å². The molecule has 0 atom stereocenters. The summed E-state index contributed by atoms with van der Waals surface area (Å²) in [6.45, 7) is 0.518. The van der Waals surface area contributed by atoms with Crippen LogP contribution in [0.15, 0.2) is 24.3 Å². The molecule has 1 rings (SSSR count). The van der Waals surface area contributed by atoms with Crippen LogP contribution in [0.4, 0.5) is 0 Å². The maximum atomic E-state index is 5.38. The minimum Gasteiger partial charge on any atom is -0.326 e. The fourth-order valence-corrected chi connectivity index (χ4v) is 0.737. The summed E-state index contributed by atoms with van der Waals surface area (Å²) < 4.78 is 0. The molecule has 0 amide bonds. The summed E-state index contributed by atoms with van der Waals surface area (Å²) in [6.07, 6.45) is 0. The minimum absolute atomic E-state index is 0.518. The van der Waals surface area contributed by atoms with Crippen molar-refractivity contribution in [2.45, 2.75) is 6.54 Å². The zero-order chi connectivity index (χ0) is 8.10. The molecule has 0 aliphatic heterocycles. The Balaban J connectivity index is 2.66. The summed E-state index contributed by atoms with van der Waals surface area (Å²) >= 11 is 0. The van der Waals surface area contributed by atoms with Gasteiger partial charge >= 0.3 is 0 Å². The maximum Gasteiger partial charge on any atom is 0.167 e. The molecule has 4 N–H and O–H groups in total. The van der Waals surface area contributed by atoms with Gasteiger partial charge in [-0.05, 0) is 17.7 Å². The first kappa shape index (κ1) is 8.00. The summed E-state index contributed by atoms with van der Waals surface area (Å²) in [5, 5.41) is 0. The molecule has 4 nitrogen and oxygen atoms in total. The fraction of sp³-hybridized carbons (Fsp3) is 0.143. The molecule has 0 aliphatic rings. The van der Waals surface area contributed by atoms with Gasteiger partial charge in [0.25, 0.3) is 0 Å². The monoisotopic (exact) mass is 154 g/mol. The van der Waals surface area contributed by atoms with Crippen molar-refractivity contribution in [3.63, 3.8) is 0 Å². The molecule has 0 saturated carbocycles. The molecule has 0 radical (unpaired) electrons. The first-order valence-corrected chi connectivity index (χ1v) is 3.19. The van der Waals surface area contributed by atoms with Gasteiger partial charge in [-0.3, -0.25) is 0 Å². The lowest BCUT2D eigenvalue weighted by atomic mass is 10.2.